The normalized spacial score (nSPS) is 15.8. The predicted octanol–water partition coefficient (Wildman–Crippen LogP) is 4.54. The Kier molecular flexibility index (Phi) is 3.97. The van der Waals surface area contributed by atoms with Crippen LogP contribution >= 0.6 is 27.5 Å². The van der Waals surface area contributed by atoms with Gasteiger partial charge in [-0.25, -0.2) is 4.39 Å². The van der Waals surface area contributed by atoms with E-state index >= 15 is 0 Å². The van der Waals surface area contributed by atoms with Crippen molar-refractivity contribution in [2.24, 2.45) is 0 Å². The third-order valence-corrected chi connectivity index (χ3v) is 4.80. The van der Waals surface area contributed by atoms with Crippen LogP contribution in [0.2, 0.25) is 5.02 Å². The molecule has 126 valence electrons. The van der Waals surface area contributed by atoms with Crippen molar-refractivity contribution < 1.29 is 9.18 Å². The lowest BCUT2D eigenvalue weighted by Crippen LogP contribution is -2.20. The number of rotatable bonds is 3. The Balaban J connectivity index is 1.88. The second-order valence-electron chi connectivity index (χ2n) is 5.60. The van der Waals surface area contributed by atoms with E-state index < -0.39 is 11.9 Å². The van der Waals surface area contributed by atoms with Gasteiger partial charge in [-0.15, -0.1) is 0 Å². The molecule has 1 amide bonds. The summed E-state index contributed by atoms with van der Waals surface area (Å²) in [6.45, 7) is 0. The van der Waals surface area contributed by atoms with Crippen LogP contribution in [0.25, 0.3) is 0 Å². The van der Waals surface area contributed by atoms with Gasteiger partial charge in [-0.2, -0.15) is 5.10 Å². The summed E-state index contributed by atoms with van der Waals surface area (Å²) in [7, 11) is 0. The number of hydrogen-bond acceptors (Lipinski definition) is 3. The average molecular weight is 422 g/mol. The van der Waals surface area contributed by atoms with Gasteiger partial charge in [0.2, 0.25) is 0 Å². The molecule has 0 fully saturated rings. The third-order valence-electron chi connectivity index (χ3n) is 4.00. The highest BCUT2D eigenvalue weighted by Gasteiger charge is 2.34. The number of halogens is 3. The number of hydrogen-bond donors (Lipinski definition) is 3. The molecule has 1 aromatic heterocycles. The first-order valence-corrected chi connectivity index (χ1v) is 8.55. The molecule has 1 atom stereocenters. The number of fused-ring (bicyclic) bond motifs is 1. The lowest BCUT2D eigenvalue weighted by Gasteiger charge is -2.18. The molecular weight excluding hydrogens is 411 g/mol. The second kappa shape index (κ2) is 6.16. The van der Waals surface area contributed by atoms with Crippen molar-refractivity contribution in [1.29, 1.82) is 0 Å². The van der Waals surface area contributed by atoms with E-state index in [2.05, 4.69) is 36.8 Å². The van der Waals surface area contributed by atoms with Gasteiger partial charge in [0.25, 0.3) is 5.91 Å². The maximum absolute atomic E-state index is 13.7. The Morgan fingerprint density at radius 1 is 1.28 bits per heavy atom. The maximum atomic E-state index is 13.7. The summed E-state index contributed by atoms with van der Waals surface area (Å²) in [5.41, 5.74) is 3.16. The number of nitrogens with zero attached hydrogens (tertiary/aromatic N) is 1. The highest BCUT2D eigenvalue weighted by Crippen LogP contribution is 2.41. The molecule has 0 saturated carbocycles. The topological polar surface area (TPSA) is 69.8 Å². The number of aromatic amines is 1. The molecule has 3 N–H and O–H groups in total. The zero-order valence-electron chi connectivity index (χ0n) is 12.6. The van der Waals surface area contributed by atoms with Crippen molar-refractivity contribution in [2.75, 3.05) is 5.32 Å². The van der Waals surface area contributed by atoms with Crippen molar-refractivity contribution in [3.63, 3.8) is 0 Å². The summed E-state index contributed by atoms with van der Waals surface area (Å²) in [5, 5.41) is 13.1. The van der Waals surface area contributed by atoms with E-state index in [1.807, 2.05) is 6.07 Å². The molecule has 8 heteroatoms. The van der Waals surface area contributed by atoms with E-state index in [0.717, 1.165) is 10.2 Å². The molecule has 3 aromatic rings. The molecule has 4 rings (SSSR count). The molecule has 2 aromatic carbocycles. The SMILES string of the molecule is O=C1NC(c2cc(F)ccc2Cl)c2c(Nc3cn[nH]c3)cc(Br)cc21. The molecule has 1 aliphatic heterocycles. The molecule has 2 heterocycles. The highest BCUT2D eigenvalue weighted by atomic mass is 79.9. The fourth-order valence-electron chi connectivity index (χ4n) is 2.95. The summed E-state index contributed by atoms with van der Waals surface area (Å²) < 4.78 is 14.5. The maximum Gasteiger partial charge on any atom is 0.252 e. The van der Waals surface area contributed by atoms with Crippen molar-refractivity contribution >= 4 is 44.8 Å². The number of anilines is 2. The standard InChI is InChI=1S/C17H11BrClFN4O/c18-8-3-12-15(14(4-8)23-10-6-21-22-7-10)16(24-17(12)25)11-5-9(20)1-2-13(11)19/h1-7,16,23H,(H,21,22)(H,24,25). The summed E-state index contributed by atoms with van der Waals surface area (Å²) >= 11 is 9.67. The van der Waals surface area contributed by atoms with Gasteiger partial charge in [-0.1, -0.05) is 27.5 Å². The number of benzene rings is 2. The lowest BCUT2D eigenvalue weighted by molar-refractivity contribution is 0.0960. The minimum Gasteiger partial charge on any atom is -0.353 e. The molecular formula is C17H11BrClFN4O. The molecule has 0 radical (unpaired) electrons. The van der Waals surface area contributed by atoms with Crippen LogP contribution in [0.15, 0.2) is 47.2 Å². The Bertz CT molecular complexity index is 977. The molecule has 0 spiro atoms. The predicted molar refractivity (Wildman–Crippen MR) is 96.7 cm³/mol. The number of carbonyl (C=O) groups excluding carboxylic acids is 1. The molecule has 0 saturated heterocycles. The smallest absolute Gasteiger partial charge is 0.252 e. The van der Waals surface area contributed by atoms with Gasteiger partial charge < -0.3 is 10.6 Å². The Morgan fingerprint density at radius 3 is 2.88 bits per heavy atom. The molecule has 0 bridgehead atoms. The zero-order valence-corrected chi connectivity index (χ0v) is 15.0. The largest absolute Gasteiger partial charge is 0.353 e. The van der Waals surface area contributed by atoms with Crippen LogP contribution in [0.5, 0.6) is 0 Å². The first-order valence-electron chi connectivity index (χ1n) is 7.38. The quantitative estimate of drug-likeness (QED) is 0.581. The van der Waals surface area contributed by atoms with E-state index in [0.29, 0.717) is 27.4 Å². The van der Waals surface area contributed by atoms with Gasteiger partial charge in [0.05, 0.1) is 17.9 Å². The molecule has 25 heavy (non-hydrogen) atoms. The van der Waals surface area contributed by atoms with Crippen molar-refractivity contribution in [1.82, 2.24) is 15.5 Å². The van der Waals surface area contributed by atoms with E-state index in [9.17, 15) is 9.18 Å². The third kappa shape index (κ3) is 2.89. The molecule has 0 aliphatic carbocycles. The Hall–Kier alpha value is -2.38. The van der Waals surface area contributed by atoms with Crippen LogP contribution in [0, 0.1) is 5.82 Å². The van der Waals surface area contributed by atoms with Crippen LogP contribution < -0.4 is 10.6 Å². The number of carbonyl (C=O) groups is 1. The molecule has 1 aliphatic rings. The monoisotopic (exact) mass is 420 g/mol. The van der Waals surface area contributed by atoms with Crippen LogP contribution in [-0.4, -0.2) is 16.1 Å². The van der Waals surface area contributed by atoms with Gasteiger partial charge in [-0.05, 0) is 30.3 Å². The summed E-state index contributed by atoms with van der Waals surface area (Å²) in [4.78, 5) is 12.4. The fourth-order valence-corrected chi connectivity index (χ4v) is 3.63. The Morgan fingerprint density at radius 2 is 2.12 bits per heavy atom. The first kappa shape index (κ1) is 16.1. The van der Waals surface area contributed by atoms with Gasteiger partial charge in [0.15, 0.2) is 0 Å². The van der Waals surface area contributed by atoms with Crippen molar-refractivity contribution in [3.8, 4) is 0 Å². The Labute approximate surface area is 155 Å². The highest BCUT2D eigenvalue weighted by molar-refractivity contribution is 9.10. The van der Waals surface area contributed by atoms with Gasteiger partial charge in [0, 0.05) is 38.1 Å². The molecule has 1 unspecified atom stereocenters. The second-order valence-corrected chi connectivity index (χ2v) is 6.92. The van der Waals surface area contributed by atoms with E-state index in [1.54, 1.807) is 18.5 Å². The van der Waals surface area contributed by atoms with Crippen LogP contribution in [-0.2, 0) is 0 Å². The first-order chi connectivity index (χ1) is 12.0. The summed E-state index contributed by atoms with van der Waals surface area (Å²) in [5.74, 6) is -0.652. The van der Waals surface area contributed by atoms with Crippen molar-refractivity contribution in [3.05, 3.63) is 74.7 Å². The van der Waals surface area contributed by atoms with E-state index in [1.165, 1.54) is 18.2 Å². The number of aromatic nitrogens is 2. The minimum absolute atomic E-state index is 0.239. The number of amides is 1. The number of H-pyrrole nitrogens is 1. The van der Waals surface area contributed by atoms with Crippen LogP contribution in [0.4, 0.5) is 15.8 Å². The van der Waals surface area contributed by atoms with Gasteiger partial charge in [-0.3, -0.25) is 9.89 Å². The van der Waals surface area contributed by atoms with Crippen molar-refractivity contribution in [2.45, 2.75) is 6.04 Å². The average Bonchev–Trinajstić information content (AvgIpc) is 3.18. The summed E-state index contributed by atoms with van der Waals surface area (Å²) in [6.07, 6.45) is 3.32. The fraction of sp³-hybridized carbons (Fsp3) is 0.0588. The minimum atomic E-state index is -0.548. The molecule has 5 nitrogen and oxygen atoms in total. The van der Waals surface area contributed by atoms with Crippen LogP contribution in [0.3, 0.4) is 0 Å². The van der Waals surface area contributed by atoms with Crippen LogP contribution in [0.1, 0.15) is 27.5 Å². The van der Waals surface area contributed by atoms with E-state index in [4.69, 9.17) is 11.6 Å². The van der Waals surface area contributed by atoms with E-state index in [-0.39, 0.29) is 5.91 Å². The zero-order chi connectivity index (χ0) is 17.6. The lowest BCUT2D eigenvalue weighted by atomic mass is 9.96. The number of nitrogens with one attached hydrogen (secondary N) is 3. The van der Waals surface area contributed by atoms with Gasteiger partial charge in [0.1, 0.15) is 5.82 Å². The summed E-state index contributed by atoms with van der Waals surface area (Å²) in [6, 6.07) is 7.15. The van der Waals surface area contributed by atoms with Gasteiger partial charge >= 0.3 is 0 Å².